The maximum Gasteiger partial charge on any atom is 0.229 e. The monoisotopic (exact) mass is 460 g/mol. The fourth-order valence-corrected chi connectivity index (χ4v) is 5.05. The number of hydrogen-bond acceptors (Lipinski definition) is 6. The molecule has 2 aliphatic heterocycles. The molecular weight excluding hydrogens is 432 g/mol. The van der Waals surface area contributed by atoms with E-state index in [1.165, 1.54) is 0 Å². The van der Waals surface area contributed by atoms with E-state index in [9.17, 15) is 18.3 Å². The fraction of sp³-hybridized carbons (Fsp3) is 0.435. The van der Waals surface area contributed by atoms with Crippen molar-refractivity contribution in [2.75, 3.05) is 17.6 Å². The van der Waals surface area contributed by atoms with Crippen LogP contribution < -0.4 is 14.8 Å². The van der Waals surface area contributed by atoms with Gasteiger partial charge in [-0.05, 0) is 37.1 Å². The molecule has 1 amide bonds. The number of fused-ring (bicyclic) bond motifs is 3. The van der Waals surface area contributed by atoms with Crippen LogP contribution in [0.1, 0.15) is 42.9 Å². The topological polar surface area (TPSA) is 114 Å². The van der Waals surface area contributed by atoms with Gasteiger partial charge in [0, 0.05) is 17.2 Å². The van der Waals surface area contributed by atoms with E-state index in [1.807, 2.05) is 37.3 Å². The highest BCUT2D eigenvalue weighted by atomic mass is 32.2. The molecule has 5 atom stereocenters. The van der Waals surface area contributed by atoms with Crippen molar-refractivity contribution >= 4 is 21.6 Å². The van der Waals surface area contributed by atoms with Crippen LogP contribution in [-0.4, -0.2) is 50.6 Å². The average Bonchev–Trinajstić information content (AvgIpc) is 3.10. The summed E-state index contributed by atoms with van der Waals surface area (Å²) in [6.45, 7) is 1.70. The van der Waals surface area contributed by atoms with E-state index in [0.717, 1.165) is 17.4 Å². The highest BCUT2D eigenvalue weighted by molar-refractivity contribution is 7.92. The quantitative estimate of drug-likeness (QED) is 0.584. The minimum absolute atomic E-state index is 0.110. The third kappa shape index (κ3) is 5.06. The summed E-state index contributed by atoms with van der Waals surface area (Å²) in [4.78, 5) is 12.7. The second kappa shape index (κ2) is 9.09. The fourth-order valence-electron chi connectivity index (χ4n) is 4.50. The normalized spacial score (nSPS) is 25.2. The molecule has 0 radical (unpaired) electrons. The first-order valence-corrected chi connectivity index (χ1v) is 12.5. The lowest BCUT2D eigenvalue weighted by Gasteiger charge is -2.37. The molecule has 2 aliphatic rings. The highest BCUT2D eigenvalue weighted by Gasteiger charge is 2.46. The maximum absolute atomic E-state index is 12.7. The number of carbonyl (C=O) groups excluding carboxylic acids is 1. The molecule has 172 valence electrons. The van der Waals surface area contributed by atoms with Crippen molar-refractivity contribution in [3.63, 3.8) is 0 Å². The number of hydrogen-bond donors (Lipinski definition) is 3. The summed E-state index contributed by atoms with van der Waals surface area (Å²) in [6.07, 6.45) is 0.443. The Bertz CT molecular complexity index is 1080. The second-order valence-corrected chi connectivity index (χ2v) is 10.2. The number of carbonyl (C=O) groups is 1. The summed E-state index contributed by atoms with van der Waals surface area (Å²) in [6, 6.07) is 14.7. The zero-order chi connectivity index (χ0) is 22.9. The molecule has 2 aromatic rings. The Hall–Kier alpha value is -2.62. The van der Waals surface area contributed by atoms with Crippen LogP contribution >= 0.6 is 0 Å². The maximum atomic E-state index is 12.7. The Morgan fingerprint density at radius 1 is 1.22 bits per heavy atom. The largest absolute Gasteiger partial charge is 0.487 e. The van der Waals surface area contributed by atoms with E-state index in [0.29, 0.717) is 17.9 Å². The standard InChI is InChI=1S/C23H28N2O6S/c1-14(15-6-4-3-5-7-15)24-22(27)12-17-11-19-18-10-16(25-32(2,28)29)8-9-20(18)31-23(19)21(13-26)30-17/h3-10,14,17,19,21,23,25-26H,11-13H2,1-2H3,(H,24,27)/t14-,17-,19-,21-,23+/m1/s1. The van der Waals surface area contributed by atoms with E-state index in [4.69, 9.17) is 9.47 Å². The Labute approximate surface area is 188 Å². The highest BCUT2D eigenvalue weighted by Crippen LogP contribution is 2.47. The van der Waals surface area contributed by atoms with Crippen molar-refractivity contribution in [3.8, 4) is 5.75 Å². The number of nitrogens with one attached hydrogen (secondary N) is 2. The van der Waals surface area contributed by atoms with Gasteiger partial charge in [0.1, 0.15) is 18.0 Å². The molecular formula is C23H28N2O6S. The summed E-state index contributed by atoms with van der Waals surface area (Å²) < 4.78 is 37.7. The molecule has 3 N–H and O–H groups in total. The molecule has 0 spiro atoms. The molecule has 1 saturated heterocycles. The molecule has 0 aliphatic carbocycles. The zero-order valence-electron chi connectivity index (χ0n) is 18.0. The predicted molar refractivity (Wildman–Crippen MR) is 120 cm³/mol. The van der Waals surface area contributed by atoms with Gasteiger partial charge in [-0.1, -0.05) is 30.3 Å². The molecule has 1 fully saturated rings. The number of aliphatic hydroxyl groups excluding tert-OH is 1. The van der Waals surface area contributed by atoms with Gasteiger partial charge in [-0.25, -0.2) is 8.42 Å². The van der Waals surface area contributed by atoms with E-state index in [-0.39, 0.29) is 37.0 Å². The Morgan fingerprint density at radius 3 is 2.66 bits per heavy atom. The smallest absolute Gasteiger partial charge is 0.229 e. The number of anilines is 1. The summed E-state index contributed by atoms with van der Waals surface area (Å²) in [5, 5.41) is 12.9. The van der Waals surface area contributed by atoms with Crippen molar-refractivity contribution in [3.05, 3.63) is 59.7 Å². The second-order valence-electron chi connectivity index (χ2n) is 8.43. The summed E-state index contributed by atoms with van der Waals surface area (Å²) >= 11 is 0. The van der Waals surface area contributed by atoms with Crippen molar-refractivity contribution < 1.29 is 27.8 Å². The van der Waals surface area contributed by atoms with Crippen molar-refractivity contribution in [2.45, 2.75) is 50.0 Å². The molecule has 8 nitrogen and oxygen atoms in total. The molecule has 4 rings (SSSR count). The van der Waals surface area contributed by atoms with E-state index in [1.54, 1.807) is 18.2 Å². The summed E-state index contributed by atoms with van der Waals surface area (Å²) in [5.41, 5.74) is 2.32. The van der Waals surface area contributed by atoms with E-state index >= 15 is 0 Å². The molecule has 2 aromatic carbocycles. The number of rotatable bonds is 7. The van der Waals surface area contributed by atoms with Gasteiger partial charge in [0.15, 0.2) is 0 Å². The Balaban J connectivity index is 1.47. The minimum atomic E-state index is -3.41. The number of aliphatic hydroxyl groups is 1. The van der Waals surface area contributed by atoms with Gasteiger partial charge in [0.05, 0.1) is 31.4 Å². The van der Waals surface area contributed by atoms with Gasteiger partial charge in [0.25, 0.3) is 0 Å². The number of amides is 1. The van der Waals surface area contributed by atoms with Gasteiger partial charge >= 0.3 is 0 Å². The molecule has 2 heterocycles. The van der Waals surface area contributed by atoms with Crippen LogP contribution in [0.15, 0.2) is 48.5 Å². The molecule has 9 heteroatoms. The van der Waals surface area contributed by atoms with Crippen LogP contribution in [0.2, 0.25) is 0 Å². The van der Waals surface area contributed by atoms with Crippen molar-refractivity contribution in [1.82, 2.24) is 5.32 Å². The lowest BCUT2D eigenvalue weighted by Crippen LogP contribution is -2.47. The van der Waals surface area contributed by atoms with Gasteiger partial charge in [-0.2, -0.15) is 0 Å². The van der Waals surface area contributed by atoms with Crippen LogP contribution in [-0.2, 0) is 19.6 Å². The predicted octanol–water partition coefficient (Wildman–Crippen LogP) is 2.32. The molecule has 0 bridgehead atoms. The zero-order valence-corrected chi connectivity index (χ0v) is 18.8. The summed E-state index contributed by atoms with van der Waals surface area (Å²) in [5.74, 6) is 0.401. The third-order valence-corrected chi connectivity index (χ3v) is 6.50. The molecule has 0 unspecified atom stereocenters. The van der Waals surface area contributed by atoms with Gasteiger partial charge in [0.2, 0.25) is 15.9 Å². The van der Waals surface area contributed by atoms with E-state index < -0.39 is 22.2 Å². The summed E-state index contributed by atoms with van der Waals surface area (Å²) in [7, 11) is -3.41. The first-order chi connectivity index (χ1) is 15.2. The van der Waals surface area contributed by atoms with Gasteiger partial charge < -0.3 is 19.9 Å². The third-order valence-electron chi connectivity index (χ3n) is 5.89. The van der Waals surface area contributed by atoms with Crippen LogP contribution in [0.5, 0.6) is 5.75 Å². The van der Waals surface area contributed by atoms with Crippen LogP contribution in [0.3, 0.4) is 0 Å². The van der Waals surface area contributed by atoms with Crippen molar-refractivity contribution in [2.24, 2.45) is 0 Å². The van der Waals surface area contributed by atoms with Crippen LogP contribution in [0, 0.1) is 0 Å². The van der Waals surface area contributed by atoms with Crippen molar-refractivity contribution in [1.29, 1.82) is 0 Å². The first-order valence-electron chi connectivity index (χ1n) is 10.6. The lowest BCUT2D eigenvalue weighted by atomic mass is 9.84. The molecule has 32 heavy (non-hydrogen) atoms. The van der Waals surface area contributed by atoms with Crippen LogP contribution in [0.25, 0.3) is 0 Å². The average molecular weight is 461 g/mol. The van der Waals surface area contributed by atoms with Crippen LogP contribution in [0.4, 0.5) is 5.69 Å². The lowest BCUT2D eigenvalue weighted by molar-refractivity contribution is -0.142. The molecule has 0 aromatic heterocycles. The number of sulfonamides is 1. The number of benzene rings is 2. The minimum Gasteiger partial charge on any atom is -0.487 e. The SMILES string of the molecule is C[C@@H](NC(=O)C[C@H]1C[C@@H]2c3cc(NS(C)(=O)=O)ccc3O[C@@H]2[C@@H](CO)O1)c1ccccc1. The Morgan fingerprint density at radius 2 is 1.97 bits per heavy atom. The Kier molecular flexibility index (Phi) is 6.41. The van der Waals surface area contributed by atoms with Gasteiger partial charge in [-0.15, -0.1) is 0 Å². The number of ether oxygens (including phenoxy) is 2. The van der Waals surface area contributed by atoms with E-state index in [2.05, 4.69) is 10.0 Å². The molecule has 0 saturated carbocycles. The first kappa shape index (κ1) is 22.6. The van der Waals surface area contributed by atoms with Gasteiger partial charge in [-0.3, -0.25) is 9.52 Å².